The highest BCUT2D eigenvalue weighted by atomic mass is 16.8. The highest BCUT2D eigenvalue weighted by Crippen LogP contribution is 2.71. The lowest BCUT2D eigenvalue weighted by Crippen LogP contribution is -2.64. The van der Waals surface area contributed by atoms with E-state index in [1.54, 1.807) is 0 Å². The maximum Gasteiger partial charge on any atom is 0.187 e. The molecule has 52 heavy (non-hydrogen) atoms. The fourth-order valence-electron chi connectivity index (χ4n) is 12.7. The van der Waals surface area contributed by atoms with E-state index < -0.39 is 79.4 Å². The van der Waals surface area contributed by atoms with Crippen LogP contribution in [0.15, 0.2) is 11.6 Å². The molecule has 0 aromatic carbocycles. The second-order valence-electron chi connectivity index (χ2n) is 18.5. The summed E-state index contributed by atoms with van der Waals surface area (Å²) in [6, 6.07) is 0. The van der Waals surface area contributed by atoms with Crippen LogP contribution in [0.5, 0.6) is 0 Å². The summed E-state index contributed by atoms with van der Waals surface area (Å²) in [5, 5.41) is 72.9. The molecule has 7 fully saturated rings. The lowest BCUT2D eigenvalue weighted by molar-refractivity contribution is -0.369. The molecule has 4 heterocycles. The zero-order chi connectivity index (χ0) is 37.1. The summed E-state index contributed by atoms with van der Waals surface area (Å²) in [5.74, 6) is 1.77. The minimum Gasteiger partial charge on any atom is -0.394 e. The zero-order valence-corrected chi connectivity index (χ0v) is 31.3. The van der Waals surface area contributed by atoms with E-state index in [1.807, 2.05) is 6.92 Å². The Balaban J connectivity index is 0.965. The fraction of sp³-hybridized carbons (Fsp3) is 0.949. The smallest absolute Gasteiger partial charge is 0.187 e. The third-order valence-corrected chi connectivity index (χ3v) is 15.7. The zero-order valence-electron chi connectivity index (χ0n) is 31.3. The number of ether oxygens (including phenoxy) is 6. The van der Waals surface area contributed by atoms with Gasteiger partial charge < -0.3 is 64.2 Å². The van der Waals surface area contributed by atoms with Gasteiger partial charge in [0.05, 0.1) is 37.1 Å². The van der Waals surface area contributed by atoms with Crippen molar-refractivity contribution in [2.75, 3.05) is 13.2 Å². The number of hydrogen-bond acceptors (Lipinski definition) is 13. The van der Waals surface area contributed by atoms with Crippen LogP contribution in [-0.2, 0) is 28.4 Å². The molecule has 4 aliphatic carbocycles. The van der Waals surface area contributed by atoms with Gasteiger partial charge in [0.15, 0.2) is 18.4 Å². The quantitative estimate of drug-likeness (QED) is 0.194. The number of rotatable bonds is 6. The third-order valence-electron chi connectivity index (χ3n) is 15.7. The monoisotopic (exact) mass is 738 g/mol. The molecule has 8 aliphatic rings. The molecule has 13 heteroatoms. The summed E-state index contributed by atoms with van der Waals surface area (Å²) in [6.07, 6.45) is -2.75. The number of aliphatic hydroxyl groups excluding tert-OH is 7. The lowest BCUT2D eigenvalue weighted by Gasteiger charge is -2.58. The van der Waals surface area contributed by atoms with E-state index in [1.165, 1.54) is 12.5 Å². The van der Waals surface area contributed by atoms with Crippen molar-refractivity contribution in [2.24, 2.45) is 40.4 Å². The Hall–Kier alpha value is -0.780. The van der Waals surface area contributed by atoms with Gasteiger partial charge in [-0.15, -0.1) is 0 Å². The van der Waals surface area contributed by atoms with E-state index >= 15 is 0 Å². The van der Waals surface area contributed by atoms with Crippen molar-refractivity contribution < 1.29 is 64.2 Å². The predicted molar refractivity (Wildman–Crippen MR) is 183 cm³/mol. The average Bonchev–Trinajstić information content (AvgIpc) is 3.72. The van der Waals surface area contributed by atoms with Crippen molar-refractivity contribution in [2.45, 2.75) is 177 Å². The van der Waals surface area contributed by atoms with Crippen LogP contribution < -0.4 is 0 Å². The lowest BCUT2D eigenvalue weighted by atomic mass is 9.47. The van der Waals surface area contributed by atoms with E-state index in [9.17, 15) is 35.7 Å². The molecule has 0 aromatic heterocycles. The molecule has 4 aliphatic heterocycles. The maximum absolute atomic E-state index is 11.1. The van der Waals surface area contributed by atoms with Gasteiger partial charge in [0.1, 0.15) is 42.7 Å². The second kappa shape index (κ2) is 13.4. The summed E-state index contributed by atoms with van der Waals surface area (Å²) in [4.78, 5) is 0. The Morgan fingerprint density at radius 1 is 0.808 bits per heavy atom. The highest BCUT2D eigenvalue weighted by molar-refractivity contribution is 5.26. The molecular formula is C39H62O13. The van der Waals surface area contributed by atoms with Crippen LogP contribution in [-0.4, -0.2) is 134 Å². The van der Waals surface area contributed by atoms with Crippen LogP contribution >= 0.6 is 0 Å². The fourth-order valence-corrected chi connectivity index (χ4v) is 12.7. The summed E-state index contributed by atoms with van der Waals surface area (Å²) in [7, 11) is 0. The van der Waals surface area contributed by atoms with Gasteiger partial charge in [-0.2, -0.15) is 0 Å². The SMILES string of the molecule is C[C@@H]1O[C@@H](O[C@H]2[C@H](O[C@H]3CC[C@@]4(C)C(=CC[C@H]5[C@@H]6C[C@@H]7O[C@]8(CC[C@@](C)(CO)O8)[C@@H](C)[C@@H]7[C@@]6(C)CC[C@@H]54)C3)O[C@H](CO)[C@@H](O)[C@@H]2O)[C@H](O)[C@H](O)[C@H]1O. The van der Waals surface area contributed by atoms with Gasteiger partial charge in [0, 0.05) is 12.3 Å². The summed E-state index contributed by atoms with van der Waals surface area (Å²) >= 11 is 0. The Morgan fingerprint density at radius 2 is 1.58 bits per heavy atom. The molecule has 3 saturated carbocycles. The first kappa shape index (κ1) is 38.1. The molecule has 7 N–H and O–H groups in total. The second-order valence-corrected chi connectivity index (χ2v) is 18.5. The number of allylic oxidation sites excluding steroid dienone is 1. The Labute approximate surface area is 306 Å². The van der Waals surface area contributed by atoms with Crippen molar-refractivity contribution in [3.8, 4) is 0 Å². The maximum atomic E-state index is 11.1. The first-order chi connectivity index (χ1) is 24.6. The van der Waals surface area contributed by atoms with Crippen LogP contribution in [0.4, 0.5) is 0 Å². The molecule has 13 nitrogen and oxygen atoms in total. The van der Waals surface area contributed by atoms with Crippen LogP contribution in [0.25, 0.3) is 0 Å². The molecule has 1 spiro atoms. The van der Waals surface area contributed by atoms with Gasteiger partial charge in [0.2, 0.25) is 0 Å². The normalized spacial score (nSPS) is 58.7. The van der Waals surface area contributed by atoms with Gasteiger partial charge in [-0.3, -0.25) is 0 Å². The highest BCUT2D eigenvalue weighted by Gasteiger charge is 2.70. The van der Waals surface area contributed by atoms with Gasteiger partial charge in [-0.1, -0.05) is 32.4 Å². The molecule has 0 aromatic rings. The molecule has 0 bridgehead atoms. The third kappa shape index (κ3) is 5.74. The first-order valence-electron chi connectivity index (χ1n) is 19.9. The van der Waals surface area contributed by atoms with Gasteiger partial charge >= 0.3 is 0 Å². The molecule has 0 unspecified atom stereocenters. The molecular weight excluding hydrogens is 676 g/mol. The van der Waals surface area contributed by atoms with Crippen molar-refractivity contribution in [1.29, 1.82) is 0 Å². The Bertz CT molecular complexity index is 1360. The number of fused-ring (bicyclic) bond motifs is 7. The van der Waals surface area contributed by atoms with Crippen LogP contribution in [0, 0.1) is 40.4 Å². The van der Waals surface area contributed by atoms with E-state index in [-0.39, 0.29) is 35.6 Å². The van der Waals surface area contributed by atoms with Crippen LogP contribution in [0.3, 0.4) is 0 Å². The van der Waals surface area contributed by atoms with Crippen molar-refractivity contribution >= 4 is 0 Å². The molecule has 8 rings (SSSR count). The van der Waals surface area contributed by atoms with Crippen LogP contribution in [0.2, 0.25) is 0 Å². The van der Waals surface area contributed by atoms with E-state index in [4.69, 9.17) is 28.4 Å². The summed E-state index contributed by atoms with van der Waals surface area (Å²) in [5.41, 5.74) is 1.03. The van der Waals surface area contributed by atoms with Crippen LogP contribution in [0.1, 0.15) is 92.4 Å². The number of aliphatic hydroxyl groups is 7. The first-order valence-corrected chi connectivity index (χ1v) is 19.9. The molecule has 21 atom stereocenters. The average molecular weight is 739 g/mol. The van der Waals surface area contributed by atoms with Crippen molar-refractivity contribution in [3.63, 3.8) is 0 Å². The molecule has 0 radical (unpaired) electrons. The minimum absolute atomic E-state index is 0.00886. The summed E-state index contributed by atoms with van der Waals surface area (Å²) < 4.78 is 37.6. The van der Waals surface area contributed by atoms with E-state index in [0.29, 0.717) is 30.1 Å². The van der Waals surface area contributed by atoms with Gasteiger partial charge in [-0.05, 0) is 99.7 Å². The topological polar surface area (TPSA) is 197 Å². The van der Waals surface area contributed by atoms with Crippen molar-refractivity contribution in [3.05, 3.63) is 11.6 Å². The predicted octanol–water partition coefficient (Wildman–Crippen LogP) is 1.50. The summed E-state index contributed by atoms with van der Waals surface area (Å²) in [6.45, 7) is 10.2. The molecule has 0 amide bonds. The molecule has 4 saturated heterocycles. The largest absolute Gasteiger partial charge is 0.394 e. The standard InChI is InChI=1S/C39H62O13/c1-18-27-25(51-39(18)13-12-36(3,17-41)52-39)15-24-22-7-6-20-14-21(8-10-37(20,4)23(22)9-11-38(24,27)5)48-35-33(31(45)29(43)26(16-40)49-35)50-34-32(46)30(44)28(42)19(2)47-34/h6,18-19,21-35,40-46H,7-17H2,1-5H3/t18-,19-,21-,22+,23-,24-,25-,26+,27-,28-,29+,30+,31-,32+,33+,34-,35+,36-,37-,38-,39-/m0/s1. The van der Waals surface area contributed by atoms with E-state index in [2.05, 4.69) is 26.8 Å². The van der Waals surface area contributed by atoms with Gasteiger partial charge in [0.25, 0.3) is 0 Å². The van der Waals surface area contributed by atoms with E-state index in [0.717, 1.165) is 51.4 Å². The minimum atomic E-state index is -1.62. The number of hydrogen-bond donors (Lipinski definition) is 7. The Kier molecular flexibility index (Phi) is 9.83. The molecule has 296 valence electrons. The Morgan fingerprint density at radius 3 is 2.29 bits per heavy atom. The van der Waals surface area contributed by atoms with Crippen molar-refractivity contribution in [1.82, 2.24) is 0 Å². The van der Waals surface area contributed by atoms with Gasteiger partial charge in [-0.25, -0.2) is 0 Å².